The molecule has 2 N–H and O–H groups in total. The maximum atomic E-state index is 12.1. The van der Waals surface area contributed by atoms with Gasteiger partial charge in [0.2, 0.25) is 11.8 Å². The van der Waals surface area contributed by atoms with Crippen molar-refractivity contribution in [3.05, 3.63) is 0 Å². The predicted octanol–water partition coefficient (Wildman–Crippen LogP) is 0.256. The molecule has 0 saturated carbocycles. The second-order valence-corrected chi connectivity index (χ2v) is 5.27. The van der Waals surface area contributed by atoms with E-state index >= 15 is 0 Å². The quantitative estimate of drug-likeness (QED) is 0.758. The van der Waals surface area contributed by atoms with Gasteiger partial charge in [-0.3, -0.25) is 9.59 Å². The molecule has 2 saturated heterocycles. The predicted molar refractivity (Wildman–Crippen MR) is 69.1 cm³/mol. The lowest BCUT2D eigenvalue weighted by atomic mass is 10.0. The maximum absolute atomic E-state index is 12.1. The fraction of sp³-hybridized carbons (Fsp3) is 0.846. The molecule has 0 radical (unpaired) electrons. The molecule has 0 aromatic rings. The van der Waals surface area contributed by atoms with E-state index in [1.165, 1.54) is 0 Å². The summed E-state index contributed by atoms with van der Waals surface area (Å²) in [6, 6.07) is -0.521. The summed E-state index contributed by atoms with van der Waals surface area (Å²) in [6.45, 7) is 4.34. The van der Waals surface area contributed by atoms with Gasteiger partial charge in [-0.1, -0.05) is 6.42 Å². The molecule has 2 rings (SSSR count). The van der Waals surface area contributed by atoms with Crippen LogP contribution >= 0.6 is 0 Å². The van der Waals surface area contributed by atoms with Crippen LogP contribution in [0.15, 0.2) is 0 Å². The van der Waals surface area contributed by atoms with Crippen LogP contribution in [0.2, 0.25) is 0 Å². The normalized spacial score (nSPS) is 25.8. The van der Waals surface area contributed by atoms with Crippen molar-refractivity contribution in [1.82, 2.24) is 15.5 Å². The zero-order valence-electron chi connectivity index (χ0n) is 11.1. The topological polar surface area (TPSA) is 61.4 Å². The molecule has 2 heterocycles. The first kappa shape index (κ1) is 13.3. The molecule has 5 heteroatoms. The number of nitrogens with zero attached hydrogens (tertiary/aromatic N) is 1. The molecule has 102 valence electrons. The smallest absolute Gasteiger partial charge is 0.244 e. The number of amides is 2. The molecular weight excluding hydrogens is 230 g/mol. The molecular formula is C13H23N3O2. The van der Waals surface area contributed by atoms with Crippen LogP contribution in [-0.4, -0.2) is 48.4 Å². The second-order valence-electron chi connectivity index (χ2n) is 5.27. The Balaban J connectivity index is 1.80. The van der Waals surface area contributed by atoms with Crippen LogP contribution in [0.25, 0.3) is 0 Å². The summed E-state index contributed by atoms with van der Waals surface area (Å²) in [5, 5.41) is 6.03. The number of nitrogens with one attached hydrogen (secondary N) is 2. The van der Waals surface area contributed by atoms with E-state index < -0.39 is 6.04 Å². The average molecular weight is 253 g/mol. The molecule has 5 nitrogen and oxygen atoms in total. The van der Waals surface area contributed by atoms with Crippen LogP contribution in [0.5, 0.6) is 0 Å². The molecule has 0 aromatic heterocycles. The largest absolute Gasteiger partial charge is 0.343 e. The first-order valence-corrected chi connectivity index (χ1v) is 7.01. The summed E-state index contributed by atoms with van der Waals surface area (Å²) in [4.78, 5) is 25.9. The van der Waals surface area contributed by atoms with E-state index in [-0.39, 0.29) is 17.9 Å². The van der Waals surface area contributed by atoms with Gasteiger partial charge in [-0.05, 0) is 39.2 Å². The van der Waals surface area contributed by atoms with Gasteiger partial charge in [0.1, 0.15) is 6.04 Å². The first-order chi connectivity index (χ1) is 8.68. The van der Waals surface area contributed by atoms with Gasteiger partial charge in [-0.15, -0.1) is 0 Å². The highest BCUT2D eigenvalue weighted by atomic mass is 16.2. The summed E-state index contributed by atoms with van der Waals surface area (Å²) in [6.07, 6.45) is 5.25. The van der Waals surface area contributed by atoms with Crippen LogP contribution in [-0.2, 0) is 9.59 Å². The number of hydrogen-bond acceptors (Lipinski definition) is 3. The number of hydrogen-bond donors (Lipinski definition) is 2. The Morgan fingerprint density at radius 1 is 1.22 bits per heavy atom. The van der Waals surface area contributed by atoms with Gasteiger partial charge in [0, 0.05) is 13.1 Å². The Kier molecular flexibility index (Phi) is 4.58. The summed E-state index contributed by atoms with van der Waals surface area (Å²) < 4.78 is 0. The minimum absolute atomic E-state index is 0.0326. The molecule has 18 heavy (non-hydrogen) atoms. The fourth-order valence-electron chi connectivity index (χ4n) is 2.66. The average Bonchev–Trinajstić information content (AvgIpc) is 2.92. The number of carbonyl (C=O) groups is 2. The van der Waals surface area contributed by atoms with Crippen molar-refractivity contribution < 1.29 is 9.59 Å². The summed E-state index contributed by atoms with van der Waals surface area (Å²) in [5.41, 5.74) is 0. The van der Waals surface area contributed by atoms with E-state index in [1.54, 1.807) is 6.92 Å². The lowest BCUT2D eigenvalue weighted by Crippen LogP contribution is -2.53. The molecule has 0 aromatic carbocycles. The number of likely N-dealkylation sites (tertiary alicyclic amines) is 1. The van der Waals surface area contributed by atoms with Gasteiger partial charge in [-0.2, -0.15) is 0 Å². The third-order valence-corrected chi connectivity index (χ3v) is 3.77. The van der Waals surface area contributed by atoms with Crippen LogP contribution in [0.4, 0.5) is 0 Å². The van der Waals surface area contributed by atoms with Crippen molar-refractivity contribution >= 4 is 11.8 Å². The highest BCUT2D eigenvalue weighted by Crippen LogP contribution is 2.10. The van der Waals surface area contributed by atoms with E-state index in [0.717, 1.165) is 51.7 Å². The Labute approximate surface area is 108 Å². The monoisotopic (exact) mass is 253 g/mol. The highest BCUT2D eigenvalue weighted by molar-refractivity contribution is 5.89. The molecule has 2 aliphatic heterocycles. The molecule has 2 unspecified atom stereocenters. The van der Waals surface area contributed by atoms with Crippen LogP contribution in [0.3, 0.4) is 0 Å². The van der Waals surface area contributed by atoms with E-state index in [0.29, 0.717) is 0 Å². The third-order valence-electron chi connectivity index (χ3n) is 3.77. The Hall–Kier alpha value is -1.10. The summed E-state index contributed by atoms with van der Waals surface area (Å²) in [7, 11) is 0. The Morgan fingerprint density at radius 3 is 2.56 bits per heavy atom. The van der Waals surface area contributed by atoms with Gasteiger partial charge < -0.3 is 15.5 Å². The van der Waals surface area contributed by atoms with E-state index in [2.05, 4.69) is 10.6 Å². The second kappa shape index (κ2) is 6.18. The van der Waals surface area contributed by atoms with Crippen molar-refractivity contribution in [2.24, 2.45) is 0 Å². The zero-order chi connectivity index (χ0) is 13.0. The van der Waals surface area contributed by atoms with Gasteiger partial charge >= 0.3 is 0 Å². The molecule has 2 aliphatic rings. The molecule has 0 aliphatic carbocycles. The van der Waals surface area contributed by atoms with Gasteiger partial charge in [0.25, 0.3) is 0 Å². The lowest BCUT2D eigenvalue weighted by molar-refractivity contribution is -0.135. The van der Waals surface area contributed by atoms with Crippen molar-refractivity contribution in [2.75, 3.05) is 19.6 Å². The first-order valence-electron chi connectivity index (χ1n) is 7.01. The van der Waals surface area contributed by atoms with Crippen molar-refractivity contribution in [3.63, 3.8) is 0 Å². The highest BCUT2D eigenvalue weighted by Gasteiger charge is 2.27. The van der Waals surface area contributed by atoms with Gasteiger partial charge in [0.05, 0.1) is 6.04 Å². The number of rotatable bonds is 3. The Morgan fingerprint density at radius 2 is 1.94 bits per heavy atom. The minimum atomic E-state index is -0.403. The van der Waals surface area contributed by atoms with Gasteiger partial charge in [-0.25, -0.2) is 0 Å². The Bertz CT molecular complexity index is 307. The number of carbonyl (C=O) groups excluding carboxylic acids is 2. The molecule has 2 fully saturated rings. The summed E-state index contributed by atoms with van der Waals surface area (Å²) in [5.74, 6) is 0.0198. The van der Waals surface area contributed by atoms with E-state index in [9.17, 15) is 9.59 Å². The van der Waals surface area contributed by atoms with E-state index in [4.69, 9.17) is 0 Å². The zero-order valence-corrected chi connectivity index (χ0v) is 11.1. The van der Waals surface area contributed by atoms with Crippen LogP contribution in [0, 0.1) is 0 Å². The molecule has 0 spiro atoms. The molecule has 2 atom stereocenters. The molecule has 2 amide bonds. The SMILES string of the molecule is CC(NC(=O)C1CCCCN1)C(=O)N1CCCC1. The number of piperidine rings is 1. The third kappa shape index (κ3) is 3.22. The van der Waals surface area contributed by atoms with Crippen LogP contribution in [0.1, 0.15) is 39.0 Å². The van der Waals surface area contributed by atoms with Crippen LogP contribution < -0.4 is 10.6 Å². The standard InChI is InChI=1S/C13H23N3O2/c1-10(13(18)16-8-4-5-9-16)15-12(17)11-6-2-3-7-14-11/h10-11,14H,2-9H2,1H3,(H,15,17). The maximum Gasteiger partial charge on any atom is 0.244 e. The fourth-order valence-corrected chi connectivity index (χ4v) is 2.66. The lowest BCUT2D eigenvalue weighted by Gasteiger charge is -2.26. The minimum Gasteiger partial charge on any atom is -0.343 e. The summed E-state index contributed by atoms with van der Waals surface area (Å²) >= 11 is 0. The van der Waals surface area contributed by atoms with Gasteiger partial charge in [0.15, 0.2) is 0 Å². The van der Waals surface area contributed by atoms with E-state index in [1.807, 2.05) is 4.90 Å². The van der Waals surface area contributed by atoms with Crippen molar-refractivity contribution in [1.29, 1.82) is 0 Å². The van der Waals surface area contributed by atoms with Crippen molar-refractivity contribution in [2.45, 2.75) is 51.1 Å². The van der Waals surface area contributed by atoms with Crippen molar-refractivity contribution in [3.8, 4) is 0 Å². The molecule has 0 bridgehead atoms.